The molecule has 1 N–H and O–H groups in total. The lowest BCUT2D eigenvalue weighted by Gasteiger charge is -2.13. The smallest absolute Gasteiger partial charge is 0.339 e. The van der Waals surface area contributed by atoms with Crippen LogP contribution in [0, 0.1) is 0 Å². The van der Waals surface area contributed by atoms with E-state index in [1.807, 2.05) is 49.5 Å². The second-order valence-corrected chi connectivity index (χ2v) is 12.3. The molecule has 10 heteroatoms. The number of aromatic nitrogens is 1. The molecule has 4 aromatic carbocycles. The first-order valence-corrected chi connectivity index (χ1v) is 16.1. The highest BCUT2D eigenvalue weighted by Gasteiger charge is 2.36. The summed E-state index contributed by atoms with van der Waals surface area (Å²) in [6, 6.07) is 26.9. The second-order valence-electron chi connectivity index (χ2n) is 10.9. The molecule has 0 spiro atoms. The van der Waals surface area contributed by atoms with Gasteiger partial charge < -0.3 is 14.6 Å². The van der Waals surface area contributed by atoms with Crippen molar-refractivity contribution in [3.8, 4) is 0 Å². The molecule has 1 aromatic heterocycles. The van der Waals surface area contributed by atoms with Crippen molar-refractivity contribution in [2.75, 3.05) is 18.5 Å². The average molecular weight is 652 g/mol. The van der Waals surface area contributed by atoms with Crippen LogP contribution in [0.15, 0.2) is 96.0 Å². The fourth-order valence-electron chi connectivity index (χ4n) is 5.32. The minimum atomic E-state index is -0.594. The summed E-state index contributed by atoms with van der Waals surface area (Å²) in [4.78, 5) is 52.7. The van der Waals surface area contributed by atoms with Gasteiger partial charge in [-0.1, -0.05) is 79.5 Å². The molecule has 6 rings (SSSR count). The number of nitrogens with zero attached hydrogens (tertiary/aromatic N) is 2. The maximum absolute atomic E-state index is 13.3. The van der Waals surface area contributed by atoms with Gasteiger partial charge >= 0.3 is 5.97 Å². The minimum Gasteiger partial charge on any atom is -0.462 e. The van der Waals surface area contributed by atoms with Gasteiger partial charge in [-0.05, 0) is 70.9 Å². The van der Waals surface area contributed by atoms with E-state index < -0.39 is 29.6 Å². The van der Waals surface area contributed by atoms with Gasteiger partial charge in [0.2, 0.25) is 5.91 Å². The Labute approximate surface area is 275 Å². The number of halogens is 1. The first-order chi connectivity index (χ1) is 22.3. The zero-order valence-corrected chi connectivity index (χ0v) is 26.6. The number of hydrogen-bond donors (Lipinski definition) is 1. The topological polar surface area (TPSA) is 97.7 Å². The number of imide groups is 1. The SMILES string of the molecule is CCCCOC(=O)c1cc(NC(=O)CN2C(=O)S/C(=C\c3cn(Cc4ccc5ccccc5c4)c4ccccc34)C2=O)ccc1Cl. The van der Waals surface area contributed by atoms with Crippen LogP contribution in [0.2, 0.25) is 5.02 Å². The molecule has 0 radical (unpaired) electrons. The third-order valence-corrected chi connectivity index (χ3v) is 8.89. The molecular formula is C36H30ClN3O5S. The Kier molecular flexibility index (Phi) is 9.23. The van der Waals surface area contributed by atoms with E-state index in [9.17, 15) is 19.2 Å². The van der Waals surface area contributed by atoms with Gasteiger partial charge in [-0.25, -0.2) is 4.79 Å². The molecule has 1 aliphatic rings. The summed E-state index contributed by atoms with van der Waals surface area (Å²) in [5, 5.41) is 5.57. The van der Waals surface area contributed by atoms with Crippen LogP contribution in [-0.2, 0) is 20.9 Å². The van der Waals surface area contributed by atoms with Crippen molar-refractivity contribution >= 4 is 79.8 Å². The molecule has 46 heavy (non-hydrogen) atoms. The van der Waals surface area contributed by atoms with Crippen molar-refractivity contribution in [2.45, 2.75) is 26.3 Å². The number of benzene rings is 4. The molecule has 0 bridgehead atoms. The molecule has 0 saturated carbocycles. The Morgan fingerprint density at radius 1 is 0.957 bits per heavy atom. The summed E-state index contributed by atoms with van der Waals surface area (Å²) in [6.07, 6.45) is 5.28. The third-order valence-electron chi connectivity index (χ3n) is 7.65. The second kappa shape index (κ2) is 13.6. The van der Waals surface area contributed by atoms with Gasteiger partial charge in [0.25, 0.3) is 11.1 Å². The summed E-state index contributed by atoms with van der Waals surface area (Å²) in [5.74, 6) is -1.74. The van der Waals surface area contributed by atoms with Crippen LogP contribution in [0.5, 0.6) is 0 Å². The molecule has 1 aliphatic heterocycles. The Hall–Kier alpha value is -4.86. The van der Waals surface area contributed by atoms with Crippen molar-refractivity contribution in [2.24, 2.45) is 0 Å². The van der Waals surface area contributed by atoms with Gasteiger partial charge in [0.15, 0.2) is 0 Å². The predicted octanol–water partition coefficient (Wildman–Crippen LogP) is 8.13. The molecule has 0 unspecified atom stereocenters. The van der Waals surface area contributed by atoms with Gasteiger partial charge in [-0.2, -0.15) is 0 Å². The number of esters is 1. The summed E-state index contributed by atoms with van der Waals surface area (Å²) >= 11 is 6.97. The molecule has 2 heterocycles. The van der Waals surface area contributed by atoms with E-state index in [1.165, 1.54) is 23.6 Å². The van der Waals surface area contributed by atoms with Gasteiger partial charge in [-0.3, -0.25) is 19.3 Å². The van der Waals surface area contributed by atoms with Crippen LogP contribution < -0.4 is 5.32 Å². The Bertz CT molecular complexity index is 2040. The first kappa shape index (κ1) is 31.1. The lowest BCUT2D eigenvalue weighted by atomic mass is 10.1. The molecule has 8 nitrogen and oxygen atoms in total. The van der Waals surface area contributed by atoms with Crippen LogP contribution in [0.25, 0.3) is 27.8 Å². The van der Waals surface area contributed by atoms with Crippen LogP contribution >= 0.6 is 23.4 Å². The van der Waals surface area contributed by atoms with Crippen molar-refractivity contribution in [3.63, 3.8) is 0 Å². The zero-order valence-electron chi connectivity index (χ0n) is 25.0. The quantitative estimate of drug-likeness (QED) is 0.0930. The number of hydrogen-bond acceptors (Lipinski definition) is 6. The third kappa shape index (κ3) is 6.71. The summed E-state index contributed by atoms with van der Waals surface area (Å²) in [5.41, 5.74) is 3.34. The molecule has 0 aliphatic carbocycles. The monoisotopic (exact) mass is 651 g/mol. The highest BCUT2D eigenvalue weighted by Crippen LogP contribution is 2.34. The predicted molar refractivity (Wildman–Crippen MR) is 183 cm³/mol. The first-order valence-electron chi connectivity index (χ1n) is 14.9. The van der Waals surface area contributed by atoms with Gasteiger partial charge in [0.05, 0.1) is 22.1 Å². The molecule has 3 amide bonds. The number of fused-ring (bicyclic) bond motifs is 2. The van der Waals surface area contributed by atoms with Crippen LogP contribution in [0.3, 0.4) is 0 Å². The number of unbranched alkanes of at least 4 members (excludes halogenated alkanes) is 1. The average Bonchev–Trinajstić information content (AvgIpc) is 3.53. The number of carbonyl (C=O) groups excluding carboxylic acids is 4. The Morgan fingerprint density at radius 3 is 2.57 bits per heavy atom. The minimum absolute atomic E-state index is 0.115. The van der Waals surface area contributed by atoms with Crippen LogP contribution in [0.1, 0.15) is 41.3 Å². The Morgan fingerprint density at radius 2 is 1.74 bits per heavy atom. The molecule has 0 atom stereocenters. The fraction of sp³-hybridized carbons (Fsp3) is 0.167. The lowest BCUT2D eigenvalue weighted by Crippen LogP contribution is -2.36. The van der Waals surface area contributed by atoms with E-state index >= 15 is 0 Å². The van der Waals surface area contributed by atoms with E-state index in [-0.39, 0.29) is 22.1 Å². The summed E-state index contributed by atoms with van der Waals surface area (Å²) in [6.45, 7) is 2.39. The van der Waals surface area contributed by atoms with E-state index in [0.29, 0.717) is 12.2 Å². The van der Waals surface area contributed by atoms with E-state index in [0.717, 1.165) is 56.9 Å². The molecule has 5 aromatic rings. The number of thioether (sulfide) groups is 1. The number of para-hydroxylation sites is 1. The molecule has 1 fully saturated rings. The van der Waals surface area contributed by atoms with E-state index in [1.54, 1.807) is 6.08 Å². The highest BCUT2D eigenvalue weighted by atomic mass is 35.5. The Balaban J connectivity index is 1.17. The van der Waals surface area contributed by atoms with Gasteiger partial charge in [0.1, 0.15) is 6.54 Å². The van der Waals surface area contributed by atoms with Gasteiger partial charge in [0, 0.05) is 34.9 Å². The summed E-state index contributed by atoms with van der Waals surface area (Å²) in [7, 11) is 0. The number of ether oxygens (including phenoxy) is 1. The normalized spacial score (nSPS) is 14.0. The van der Waals surface area contributed by atoms with Crippen molar-refractivity contribution in [3.05, 3.63) is 118 Å². The standard InChI is InChI=1S/C36H30ClN3O5S/c1-2-3-16-45-35(43)29-19-27(14-15-30(29)37)38-33(41)22-40-34(42)32(46-36(40)44)18-26-21-39(31-11-7-6-10-28(26)31)20-23-12-13-24-8-4-5-9-25(24)17-23/h4-15,17-19,21H,2-3,16,20,22H2,1H3,(H,38,41)/b32-18-. The van der Waals surface area contributed by atoms with Crippen molar-refractivity contribution in [1.29, 1.82) is 0 Å². The number of carbonyl (C=O) groups is 4. The number of amides is 3. The highest BCUT2D eigenvalue weighted by molar-refractivity contribution is 8.18. The fourth-order valence-corrected chi connectivity index (χ4v) is 6.35. The van der Waals surface area contributed by atoms with E-state index in [4.69, 9.17) is 16.3 Å². The maximum Gasteiger partial charge on any atom is 0.339 e. The zero-order chi connectivity index (χ0) is 32.2. The number of anilines is 1. The van der Waals surface area contributed by atoms with E-state index in [2.05, 4.69) is 40.2 Å². The number of rotatable bonds is 10. The number of nitrogens with one attached hydrogen (secondary N) is 1. The van der Waals surface area contributed by atoms with Crippen LogP contribution in [-0.4, -0.2) is 45.6 Å². The largest absolute Gasteiger partial charge is 0.462 e. The summed E-state index contributed by atoms with van der Waals surface area (Å²) < 4.78 is 7.36. The van der Waals surface area contributed by atoms with Crippen LogP contribution in [0.4, 0.5) is 10.5 Å². The maximum atomic E-state index is 13.3. The molecule has 1 saturated heterocycles. The molecule has 232 valence electrons. The van der Waals surface area contributed by atoms with Crippen molar-refractivity contribution < 1.29 is 23.9 Å². The van der Waals surface area contributed by atoms with Crippen molar-refractivity contribution in [1.82, 2.24) is 9.47 Å². The van der Waals surface area contributed by atoms with Gasteiger partial charge in [-0.15, -0.1) is 0 Å². The molecular weight excluding hydrogens is 622 g/mol. The lowest BCUT2D eigenvalue weighted by molar-refractivity contribution is -0.127.